The van der Waals surface area contributed by atoms with Gasteiger partial charge in [0, 0.05) is 24.6 Å². The van der Waals surface area contributed by atoms with E-state index in [9.17, 15) is 4.79 Å². The fourth-order valence-corrected chi connectivity index (χ4v) is 3.01. The average molecular weight is 259 g/mol. The number of carbonyl (C=O) groups is 1. The molecule has 0 saturated carbocycles. The number of rotatable bonds is 5. The van der Waals surface area contributed by atoms with E-state index in [1.165, 1.54) is 38.6 Å². The SMILES string of the molecule is CCC1CCCCCN1CCC(=O)c1ccccc1. The van der Waals surface area contributed by atoms with Crippen LogP contribution in [-0.4, -0.2) is 29.8 Å². The van der Waals surface area contributed by atoms with Gasteiger partial charge in [0.15, 0.2) is 5.78 Å². The smallest absolute Gasteiger partial charge is 0.164 e. The topological polar surface area (TPSA) is 20.3 Å². The maximum absolute atomic E-state index is 12.1. The summed E-state index contributed by atoms with van der Waals surface area (Å²) in [4.78, 5) is 14.7. The van der Waals surface area contributed by atoms with Crippen LogP contribution in [0.15, 0.2) is 30.3 Å². The van der Waals surface area contributed by atoms with E-state index in [1.807, 2.05) is 30.3 Å². The Morgan fingerprint density at radius 2 is 2.00 bits per heavy atom. The summed E-state index contributed by atoms with van der Waals surface area (Å²) in [7, 11) is 0. The third-order valence-corrected chi connectivity index (χ3v) is 4.19. The quantitative estimate of drug-likeness (QED) is 0.747. The third kappa shape index (κ3) is 4.17. The zero-order chi connectivity index (χ0) is 13.5. The highest BCUT2D eigenvalue weighted by atomic mass is 16.1. The van der Waals surface area contributed by atoms with Crippen molar-refractivity contribution in [3.8, 4) is 0 Å². The fraction of sp³-hybridized carbons (Fsp3) is 0.588. The van der Waals surface area contributed by atoms with Crippen molar-refractivity contribution >= 4 is 5.78 Å². The molecule has 19 heavy (non-hydrogen) atoms. The molecule has 0 aliphatic carbocycles. The molecule has 2 nitrogen and oxygen atoms in total. The average Bonchev–Trinajstić information content (AvgIpc) is 2.70. The zero-order valence-electron chi connectivity index (χ0n) is 12.0. The fourth-order valence-electron chi connectivity index (χ4n) is 3.01. The molecule has 1 atom stereocenters. The van der Waals surface area contributed by atoms with E-state index in [0.717, 1.165) is 12.1 Å². The number of hydrogen-bond donors (Lipinski definition) is 0. The molecule has 0 spiro atoms. The molecule has 1 aliphatic heterocycles. The highest BCUT2D eigenvalue weighted by Crippen LogP contribution is 2.19. The highest BCUT2D eigenvalue weighted by molar-refractivity contribution is 5.96. The number of benzene rings is 1. The van der Waals surface area contributed by atoms with Crippen molar-refractivity contribution in [1.29, 1.82) is 0 Å². The molecule has 1 aliphatic rings. The zero-order valence-corrected chi connectivity index (χ0v) is 12.0. The summed E-state index contributed by atoms with van der Waals surface area (Å²) < 4.78 is 0. The second kappa shape index (κ2) is 7.44. The van der Waals surface area contributed by atoms with E-state index in [2.05, 4.69) is 11.8 Å². The molecule has 1 unspecified atom stereocenters. The van der Waals surface area contributed by atoms with Crippen LogP contribution in [0.3, 0.4) is 0 Å². The molecule has 1 saturated heterocycles. The van der Waals surface area contributed by atoms with Gasteiger partial charge in [-0.2, -0.15) is 0 Å². The number of likely N-dealkylation sites (tertiary alicyclic amines) is 1. The largest absolute Gasteiger partial charge is 0.300 e. The first-order chi connectivity index (χ1) is 9.31. The monoisotopic (exact) mass is 259 g/mol. The highest BCUT2D eigenvalue weighted by Gasteiger charge is 2.19. The molecule has 1 fully saturated rings. The van der Waals surface area contributed by atoms with E-state index in [1.54, 1.807) is 0 Å². The number of nitrogens with zero attached hydrogens (tertiary/aromatic N) is 1. The minimum Gasteiger partial charge on any atom is -0.300 e. The molecule has 1 aromatic carbocycles. The van der Waals surface area contributed by atoms with Crippen LogP contribution >= 0.6 is 0 Å². The first kappa shape index (κ1) is 14.3. The minimum atomic E-state index is 0.278. The summed E-state index contributed by atoms with van der Waals surface area (Å²) in [5, 5.41) is 0. The Hall–Kier alpha value is -1.15. The summed E-state index contributed by atoms with van der Waals surface area (Å²) in [5.74, 6) is 0.278. The molecule has 0 radical (unpaired) electrons. The van der Waals surface area contributed by atoms with Crippen LogP contribution in [0.2, 0.25) is 0 Å². The summed E-state index contributed by atoms with van der Waals surface area (Å²) in [5.41, 5.74) is 0.852. The first-order valence-corrected chi connectivity index (χ1v) is 7.63. The van der Waals surface area contributed by atoms with E-state index in [-0.39, 0.29) is 5.78 Å². The maximum atomic E-state index is 12.1. The van der Waals surface area contributed by atoms with Gasteiger partial charge in [0.25, 0.3) is 0 Å². The van der Waals surface area contributed by atoms with E-state index >= 15 is 0 Å². The van der Waals surface area contributed by atoms with Crippen LogP contribution in [-0.2, 0) is 0 Å². The Kier molecular flexibility index (Phi) is 5.59. The molecule has 2 rings (SSSR count). The van der Waals surface area contributed by atoms with Gasteiger partial charge < -0.3 is 0 Å². The lowest BCUT2D eigenvalue weighted by molar-refractivity contribution is 0.0949. The van der Waals surface area contributed by atoms with Crippen LogP contribution in [0.4, 0.5) is 0 Å². The van der Waals surface area contributed by atoms with Crippen molar-refractivity contribution in [3.63, 3.8) is 0 Å². The predicted molar refractivity (Wildman–Crippen MR) is 79.5 cm³/mol. The predicted octanol–water partition coefficient (Wildman–Crippen LogP) is 3.91. The van der Waals surface area contributed by atoms with Gasteiger partial charge in [-0.3, -0.25) is 9.69 Å². The number of carbonyl (C=O) groups excluding carboxylic acids is 1. The lowest BCUT2D eigenvalue weighted by Gasteiger charge is -2.28. The van der Waals surface area contributed by atoms with Crippen molar-refractivity contribution in [2.75, 3.05) is 13.1 Å². The van der Waals surface area contributed by atoms with Crippen LogP contribution in [0.5, 0.6) is 0 Å². The van der Waals surface area contributed by atoms with E-state index in [4.69, 9.17) is 0 Å². The summed E-state index contributed by atoms with van der Waals surface area (Å²) in [6.45, 7) is 4.36. The Labute approximate surface area is 116 Å². The van der Waals surface area contributed by atoms with Crippen LogP contribution in [0, 0.1) is 0 Å². The Balaban J connectivity index is 1.88. The van der Waals surface area contributed by atoms with Gasteiger partial charge in [-0.1, -0.05) is 50.1 Å². The van der Waals surface area contributed by atoms with Gasteiger partial charge in [0.2, 0.25) is 0 Å². The van der Waals surface area contributed by atoms with Gasteiger partial charge in [-0.15, -0.1) is 0 Å². The molecule has 0 aromatic heterocycles. The molecule has 2 heteroatoms. The minimum absolute atomic E-state index is 0.278. The molecule has 0 bridgehead atoms. The number of hydrogen-bond acceptors (Lipinski definition) is 2. The maximum Gasteiger partial charge on any atom is 0.164 e. The van der Waals surface area contributed by atoms with Crippen LogP contribution in [0.1, 0.15) is 55.8 Å². The van der Waals surface area contributed by atoms with Crippen molar-refractivity contribution in [2.45, 2.75) is 51.5 Å². The van der Waals surface area contributed by atoms with Crippen molar-refractivity contribution in [2.24, 2.45) is 0 Å². The van der Waals surface area contributed by atoms with Gasteiger partial charge in [0.1, 0.15) is 0 Å². The van der Waals surface area contributed by atoms with Crippen molar-refractivity contribution in [1.82, 2.24) is 4.90 Å². The van der Waals surface area contributed by atoms with Crippen LogP contribution < -0.4 is 0 Å². The van der Waals surface area contributed by atoms with Gasteiger partial charge in [0.05, 0.1) is 0 Å². The normalized spacial score (nSPS) is 21.0. The number of ketones is 1. The van der Waals surface area contributed by atoms with Crippen molar-refractivity contribution < 1.29 is 4.79 Å². The lowest BCUT2D eigenvalue weighted by atomic mass is 10.1. The molecular weight excluding hydrogens is 234 g/mol. The lowest BCUT2D eigenvalue weighted by Crippen LogP contribution is -2.36. The molecule has 1 aromatic rings. The summed E-state index contributed by atoms with van der Waals surface area (Å²) >= 11 is 0. The summed E-state index contributed by atoms with van der Waals surface area (Å²) in [6.07, 6.45) is 7.15. The molecule has 104 valence electrons. The molecule has 0 N–H and O–H groups in total. The van der Waals surface area contributed by atoms with E-state index < -0.39 is 0 Å². The van der Waals surface area contributed by atoms with Gasteiger partial charge in [-0.05, 0) is 25.8 Å². The standard InChI is InChI=1S/C17H25NO/c1-2-16-11-7-4-8-13-18(16)14-12-17(19)15-9-5-3-6-10-15/h3,5-6,9-10,16H,2,4,7-8,11-14H2,1H3. The van der Waals surface area contributed by atoms with Crippen LogP contribution in [0.25, 0.3) is 0 Å². The third-order valence-electron chi connectivity index (χ3n) is 4.19. The Bertz CT molecular complexity index is 388. The Morgan fingerprint density at radius 3 is 2.74 bits per heavy atom. The second-order valence-electron chi connectivity index (χ2n) is 5.49. The van der Waals surface area contributed by atoms with Gasteiger partial charge >= 0.3 is 0 Å². The van der Waals surface area contributed by atoms with E-state index in [0.29, 0.717) is 12.5 Å². The second-order valence-corrected chi connectivity index (χ2v) is 5.49. The molecule has 0 amide bonds. The number of Topliss-reactive ketones (excluding diaryl/α,β-unsaturated/α-hetero) is 1. The van der Waals surface area contributed by atoms with Gasteiger partial charge in [-0.25, -0.2) is 0 Å². The molecular formula is C17H25NO. The Morgan fingerprint density at radius 1 is 1.21 bits per heavy atom. The first-order valence-electron chi connectivity index (χ1n) is 7.63. The summed E-state index contributed by atoms with van der Waals surface area (Å²) in [6, 6.07) is 10.4. The van der Waals surface area contributed by atoms with Crippen molar-refractivity contribution in [3.05, 3.63) is 35.9 Å². The molecule has 1 heterocycles.